The number of aliphatic carboxylic acids is 2. The molecule has 0 aromatic heterocycles. The molecule has 0 spiro atoms. The van der Waals surface area contributed by atoms with Gasteiger partial charge in [0.1, 0.15) is 18.3 Å². The number of ether oxygens (including phenoxy) is 1. The maximum Gasteiger partial charge on any atom is 0.335 e. The number of hydrogen-bond donors (Lipinski definition) is 8. The molecule has 0 aliphatic heterocycles. The molecule has 5 unspecified atom stereocenters. The van der Waals surface area contributed by atoms with E-state index in [0.29, 0.717) is 0 Å². The number of aromatic hydroxyl groups is 4. The van der Waals surface area contributed by atoms with Crippen molar-refractivity contribution in [3.63, 3.8) is 0 Å². The topological polar surface area (TPSA) is 222 Å². The molecule has 2 aromatic carbocycles. The third-order valence-corrected chi connectivity index (χ3v) is 6.41. The molecule has 0 fully saturated rings. The number of phenolic OH excluding ortho intramolecular Hbond substituents is 4. The molecule has 2 aromatic rings. The molecule has 0 amide bonds. The normalized spacial score (nSPS) is 24.9. The van der Waals surface area contributed by atoms with E-state index < -0.39 is 83.0 Å². The molecule has 0 heterocycles. The van der Waals surface area contributed by atoms with Crippen LogP contribution in [0.3, 0.4) is 0 Å². The predicted molar refractivity (Wildman–Crippen MR) is 123 cm³/mol. The lowest BCUT2D eigenvalue weighted by atomic mass is 9.71. The smallest absolute Gasteiger partial charge is 0.335 e. The second-order valence-electron chi connectivity index (χ2n) is 8.74. The molecular formula is C25H22O12. The fourth-order valence-corrected chi connectivity index (χ4v) is 4.59. The number of hydrogen-bond acceptors (Lipinski definition) is 10. The van der Waals surface area contributed by atoms with E-state index in [1.54, 1.807) is 0 Å². The molecule has 2 aliphatic carbocycles. The van der Waals surface area contributed by atoms with Crippen LogP contribution in [-0.2, 0) is 19.1 Å². The first kappa shape index (κ1) is 25.5. The van der Waals surface area contributed by atoms with Gasteiger partial charge in [-0.3, -0.25) is 4.79 Å². The summed E-state index contributed by atoms with van der Waals surface area (Å²) in [7, 11) is 0. The van der Waals surface area contributed by atoms with E-state index >= 15 is 0 Å². The molecule has 0 saturated carbocycles. The van der Waals surface area contributed by atoms with Crippen molar-refractivity contribution in [2.45, 2.75) is 30.7 Å². The molecule has 12 nitrogen and oxygen atoms in total. The lowest BCUT2D eigenvalue weighted by Gasteiger charge is -2.34. The van der Waals surface area contributed by atoms with Crippen molar-refractivity contribution >= 4 is 24.0 Å². The Morgan fingerprint density at radius 2 is 1.51 bits per heavy atom. The lowest BCUT2D eigenvalue weighted by Crippen LogP contribution is -2.44. The number of rotatable bonds is 5. The summed E-state index contributed by atoms with van der Waals surface area (Å²) >= 11 is 0. The second kappa shape index (κ2) is 9.48. The van der Waals surface area contributed by atoms with Crippen molar-refractivity contribution in [2.75, 3.05) is 0 Å². The fourth-order valence-electron chi connectivity index (χ4n) is 4.59. The highest BCUT2D eigenvalue weighted by atomic mass is 16.6. The Balaban J connectivity index is 1.81. The van der Waals surface area contributed by atoms with Crippen molar-refractivity contribution in [1.82, 2.24) is 0 Å². The SMILES string of the molecule is O=C(O)C1=CC(O)C(O)C(OC(=O)C2=Cc3cc(O)c(O)cc3C(c3ccc(O)c(O)c3)C2C(=O)O)C1. The Morgan fingerprint density at radius 1 is 0.865 bits per heavy atom. The minimum Gasteiger partial charge on any atom is -0.504 e. The van der Waals surface area contributed by atoms with Crippen molar-refractivity contribution < 1.29 is 60.0 Å². The van der Waals surface area contributed by atoms with Gasteiger partial charge in [0.05, 0.1) is 11.5 Å². The zero-order chi connectivity index (χ0) is 27.2. The Hall–Kier alpha value is -4.55. The van der Waals surface area contributed by atoms with Gasteiger partial charge >= 0.3 is 17.9 Å². The van der Waals surface area contributed by atoms with E-state index in [-0.39, 0.29) is 22.3 Å². The molecule has 12 heteroatoms. The van der Waals surface area contributed by atoms with Gasteiger partial charge in [-0.2, -0.15) is 0 Å². The number of aliphatic hydroxyl groups excluding tert-OH is 2. The van der Waals surface area contributed by atoms with Gasteiger partial charge in [0.25, 0.3) is 0 Å². The summed E-state index contributed by atoms with van der Waals surface area (Å²) in [6.07, 6.45) is -3.27. The number of carboxylic acids is 2. The highest BCUT2D eigenvalue weighted by molar-refractivity contribution is 6.02. The van der Waals surface area contributed by atoms with Crippen LogP contribution in [0.4, 0.5) is 0 Å². The van der Waals surface area contributed by atoms with E-state index in [1.165, 1.54) is 6.07 Å². The van der Waals surface area contributed by atoms with Gasteiger partial charge in [-0.15, -0.1) is 0 Å². The van der Waals surface area contributed by atoms with Crippen molar-refractivity contribution in [3.8, 4) is 23.0 Å². The van der Waals surface area contributed by atoms with Gasteiger partial charge < -0.3 is 45.6 Å². The molecule has 8 N–H and O–H groups in total. The molecule has 4 rings (SSSR count). The van der Waals surface area contributed by atoms with Gasteiger partial charge in [0.15, 0.2) is 23.0 Å². The quantitative estimate of drug-likeness (QED) is 0.205. The van der Waals surface area contributed by atoms with Crippen LogP contribution >= 0.6 is 0 Å². The first-order chi connectivity index (χ1) is 17.4. The van der Waals surface area contributed by atoms with Gasteiger partial charge in [-0.25, -0.2) is 9.59 Å². The number of phenols is 4. The number of carboxylic acid groups (broad SMARTS) is 2. The van der Waals surface area contributed by atoms with Crippen LogP contribution in [0.1, 0.15) is 29.0 Å². The van der Waals surface area contributed by atoms with E-state index in [2.05, 4.69) is 0 Å². The Bertz CT molecular complexity index is 1360. The highest BCUT2D eigenvalue weighted by Crippen LogP contribution is 2.47. The minimum atomic E-state index is -1.68. The Labute approximate surface area is 208 Å². The molecule has 0 radical (unpaired) electrons. The van der Waals surface area contributed by atoms with Crippen LogP contribution in [0.15, 0.2) is 47.6 Å². The summed E-state index contributed by atoms with van der Waals surface area (Å²) in [5.41, 5.74) is -0.320. The number of esters is 1. The van der Waals surface area contributed by atoms with E-state index in [4.69, 9.17) is 4.74 Å². The number of carbonyl (C=O) groups excluding carboxylic acids is 1. The van der Waals surface area contributed by atoms with Crippen LogP contribution < -0.4 is 0 Å². The Morgan fingerprint density at radius 3 is 2.14 bits per heavy atom. The maximum absolute atomic E-state index is 13.3. The van der Waals surface area contributed by atoms with E-state index in [0.717, 1.165) is 36.4 Å². The summed E-state index contributed by atoms with van der Waals surface area (Å²) in [4.78, 5) is 37.1. The number of carbonyl (C=O) groups is 3. The first-order valence-electron chi connectivity index (χ1n) is 10.9. The number of aliphatic hydroxyl groups is 2. The van der Waals surface area contributed by atoms with Crippen molar-refractivity contribution in [3.05, 3.63) is 64.2 Å². The van der Waals surface area contributed by atoms with Gasteiger partial charge in [0.2, 0.25) is 0 Å². The molecule has 194 valence electrons. The molecule has 37 heavy (non-hydrogen) atoms. The Kier molecular flexibility index (Phi) is 6.55. The standard InChI is InChI=1S/C25H22O12/c26-14-2-1-9(4-15(14)27)20-12-8-17(29)16(28)5-10(12)3-13(21(20)24(34)35)25(36)37-19-7-11(23(32)33)6-18(30)22(19)31/h1-6,8,18-22,26-31H,7H2,(H,32,33)(H,34,35). The van der Waals surface area contributed by atoms with Crippen LogP contribution in [-0.4, -0.2) is 77.1 Å². The second-order valence-corrected chi connectivity index (χ2v) is 8.74. The zero-order valence-electron chi connectivity index (χ0n) is 18.8. The maximum atomic E-state index is 13.3. The van der Waals surface area contributed by atoms with E-state index in [9.17, 15) is 55.2 Å². The zero-order valence-corrected chi connectivity index (χ0v) is 18.8. The van der Waals surface area contributed by atoms with Crippen molar-refractivity contribution in [1.29, 1.82) is 0 Å². The minimum absolute atomic E-state index is 0.132. The summed E-state index contributed by atoms with van der Waals surface area (Å²) in [6, 6.07) is 5.71. The van der Waals surface area contributed by atoms with Crippen LogP contribution in [0, 0.1) is 5.92 Å². The fraction of sp³-hybridized carbons (Fsp3) is 0.240. The summed E-state index contributed by atoms with van der Waals surface area (Å²) in [6.45, 7) is 0. The van der Waals surface area contributed by atoms with Crippen molar-refractivity contribution in [2.24, 2.45) is 5.92 Å². The van der Waals surface area contributed by atoms with Gasteiger partial charge in [-0.1, -0.05) is 6.07 Å². The summed E-state index contributed by atoms with van der Waals surface area (Å²) < 4.78 is 5.28. The highest BCUT2D eigenvalue weighted by Gasteiger charge is 2.44. The average Bonchev–Trinajstić information content (AvgIpc) is 2.83. The van der Waals surface area contributed by atoms with Gasteiger partial charge in [-0.05, 0) is 53.1 Å². The predicted octanol–water partition coefficient (Wildman–Crippen LogP) is 0.787. The summed E-state index contributed by atoms with van der Waals surface area (Å²) in [5.74, 6) is -9.23. The molecular weight excluding hydrogens is 492 g/mol. The molecule has 0 saturated heterocycles. The van der Waals surface area contributed by atoms with E-state index in [1.807, 2.05) is 0 Å². The monoisotopic (exact) mass is 514 g/mol. The van der Waals surface area contributed by atoms with Crippen LogP contribution in [0.25, 0.3) is 6.08 Å². The largest absolute Gasteiger partial charge is 0.504 e. The van der Waals surface area contributed by atoms with Crippen LogP contribution in [0.2, 0.25) is 0 Å². The molecule has 5 atom stereocenters. The first-order valence-corrected chi connectivity index (χ1v) is 10.9. The average molecular weight is 514 g/mol. The molecule has 0 bridgehead atoms. The van der Waals surface area contributed by atoms with Crippen LogP contribution in [0.5, 0.6) is 23.0 Å². The number of fused-ring (bicyclic) bond motifs is 1. The van der Waals surface area contributed by atoms with Gasteiger partial charge in [0, 0.05) is 17.9 Å². The third kappa shape index (κ3) is 4.67. The number of benzene rings is 2. The third-order valence-electron chi connectivity index (χ3n) is 6.41. The summed E-state index contributed by atoms with van der Waals surface area (Å²) in [5, 5.41) is 79.4. The lowest BCUT2D eigenvalue weighted by molar-refractivity contribution is -0.158. The molecule has 2 aliphatic rings.